The summed E-state index contributed by atoms with van der Waals surface area (Å²) in [5.41, 5.74) is 0.691. The summed E-state index contributed by atoms with van der Waals surface area (Å²) in [5, 5.41) is 3.26. The number of hydrogen-bond acceptors (Lipinski definition) is 3. The molecule has 112 valence electrons. The maximum Gasteiger partial charge on any atom is 0.341 e. The minimum atomic E-state index is -4.52. The van der Waals surface area contributed by atoms with E-state index in [1.165, 1.54) is 24.3 Å². The van der Waals surface area contributed by atoms with Crippen LogP contribution in [0.3, 0.4) is 0 Å². The highest BCUT2D eigenvalue weighted by Gasteiger charge is 2.27. The zero-order valence-corrected chi connectivity index (χ0v) is 12.3. The van der Waals surface area contributed by atoms with Crippen molar-refractivity contribution in [1.82, 2.24) is 0 Å². The second-order valence-corrected chi connectivity index (χ2v) is 7.36. The number of anilines is 1. The number of rotatable bonds is 4. The van der Waals surface area contributed by atoms with Crippen LogP contribution < -0.4 is 5.32 Å². The van der Waals surface area contributed by atoms with Crippen LogP contribution in [0.15, 0.2) is 29.2 Å². The van der Waals surface area contributed by atoms with E-state index in [9.17, 15) is 17.2 Å². The first-order valence-corrected chi connectivity index (χ1v) is 8.42. The number of alkyl halides is 3. The summed E-state index contributed by atoms with van der Waals surface area (Å²) in [7, 11) is -4.52. The molecule has 1 fully saturated rings. The van der Waals surface area contributed by atoms with Crippen LogP contribution in [-0.4, -0.2) is 25.6 Å². The van der Waals surface area contributed by atoms with Crippen LogP contribution >= 0.6 is 11.6 Å². The molecule has 1 aromatic carbocycles. The van der Waals surface area contributed by atoms with Gasteiger partial charge in [0, 0.05) is 11.7 Å². The van der Waals surface area contributed by atoms with Crippen molar-refractivity contribution in [2.24, 2.45) is 0 Å². The fourth-order valence-electron chi connectivity index (χ4n) is 2.31. The molecule has 1 saturated carbocycles. The summed E-state index contributed by atoms with van der Waals surface area (Å²) < 4.78 is 47.4. The molecule has 3 nitrogen and oxygen atoms in total. The molecule has 0 spiro atoms. The van der Waals surface area contributed by atoms with E-state index in [4.69, 9.17) is 11.6 Å². The van der Waals surface area contributed by atoms with Crippen LogP contribution in [0, 0.1) is 0 Å². The first-order valence-electron chi connectivity index (χ1n) is 6.44. The summed E-state index contributed by atoms with van der Waals surface area (Å²) >= 11 is 6.22. The predicted octanol–water partition coefficient (Wildman–Crippen LogP) is 3.64. The van der Waals surface area contributed by atoms with Gasteiger partial charge in [0.15, 0.2) is 0 Å². The zero-order valence-electron chi connectivity index (χ0n) is 10.7. The zero-order chi connectivity index (χ0) is 14.8. The third kappa shape index (κ3) is 3.41. The third-order valence-electron chi connectivity index (χ3n) is 3.45. The van der Waals surface area contributed by atoms with Crippen molar-refractivity contribution >= 4 is 27.1 Å². The second-order valence-electron chi connectivity index (χ2n) is 4.88. The summed E-state index contributed by atoms with van der Waals surface area (Å²) in [4.78, 5) is -0.371. The Balaban J connectivity index is 2.09. The molecule has 0 bridgehead atoms. The van der Waals surface area contributed by atoms with Crippen LogP contribution in [0.4, 0.5) is 14.5 Å². The normalized spacial score (nSPS) is 23.8. The SMILES string of the molecule is O=S(=O)(c1ccc(NC2CCCCC2Cl)cc1)C(F)F. The molecule has 0 aliphatic heterocycles. The van der Waals surface area contributed by atoms with E-state index in [0.29, 0.717) is 5.69 Å². The molecule has 2 rings (SSSR count). The van der Waals surface area contributed by atoms with Gasteiger partial charge in [-0.05, 0) is 37.1 Å². The van der Waals surface area contributed by atoms with E-state index in [1.807, 2.05) is 0 Å². The molecular formula is C13H16ClF2NO2S. The monoisotopic (exact) mass is 323 g/mol. The van der Waals surface area contributed by atoms with E-state index in [1.54, 1.807) is 0 Å². The van der Waals surface area contributed by atoms with Crippen LogP contribution in [0.1, 0.15) is 25.7 Å². The third-order valence-corrected chi connectivity index (χ3v) is 5.37. The van der Waals surface area contributed by atoms with Gasteiger partial charge in [0.1, 0.15) is 0 Å². The molecule has 7 heteroatoms. The molecule has 0 aromatic heterocycles. The van der Waals surface area contributed by atoms with E-state index in [0.717, 1.165) is 25.7 Å². The van der Waals surface area contributed by atoms with Crippen molar-refractivity contribution in [2.75, 3.05) is 5.32 Å². The minimum absolute atomic E-state index is 0.0354. The number of halogens is 3. The van der Waals surface area contributed by atoms with Crippen LogP contribution in [0.5, 0.6) is 0 Å². The topological polar surface area (TPSA) is 46.2 Å². The fraction of sp³-hybridized carbons (Fsp3) is 0.538. The summed E-state index contributed by atoms with van der Waals surface area (Å²) in [6.07, 6.45) is 4.10. The molecular weight excluding hydrogens is 308 g/mol. The van der Waals surface area contributed by atoms with Gasteiger partial charge < -0.3 is 5.32 Å². The van der Waals surface area contributed by atoms with Crippen molar-refractivity contribution in [3.05, 3.63) is 24.3 Å². The smallest absolute Gasteiger partial charge is 0.341 e. The average molecular weight is 324 g/mol. The molecule has 1 aliphatic rings. The average Bonchev–Trinajstić information content (AvgIpc) is 2.42. The molecule has 2 unspecified atom stereocenters. The Morgan fingerprint density at radius 2 is 1.75 bits per heavy atom. The van der Waals surface area contributed by atoms with Crippen LogP contribution in [0.25, 0.3) is 0 Å². The Kier molecular flexibility index (Phi) is 4.86. The highest BCUT2D eigenvalue weighted by atomic mass is 35.5. The predicted molar refractivity (Wildman–Crippen MR) is 75.2 cm³/mol. The Hall–Kier alpha value is -0.880. The highest BCUT2D eigenvalue weighted by Crippen LogP contribution is 2.27. The number of sulfone groups is 1. The Bertz CT molecular complexity index is 548. The van der Waals surface area contributed by atoms with Crippen molar-refractivity contribution in [3.8, 4) is 0 Å². The largest absolute Gasteiger partial charge is 0.381 e. The molecule has 20 heavy (non-hydrogen) atoms. The van der Waals surface area contributed by atoms with Gasteiger partial charge in [-0.2, -0.15) is 8.78 Å². The van der Waals surface area contributed by atoms with Gasteiger partial charge in [0.05, 0.1) is 10.3 Å². The van der Waals surface area contributed by atoms with Gasteiger partial charge >= 0.3 is 5.76 Å². The standard InChI is InChI=1S/C13H16ClF2NO2S/c14-11-3-1-2-4-12(11)17-9-5-7-10(8-6-9)20(18,19)13(15)16/h5-8,11-13,17H,1-4H2. The van der Waals surface area contributed by atoms with Gasteiger partial charge in [-0.3, -0.25) is 0 Å². The Morgan fingerprint density at radius 3 is 2.30 bits per heavy atom. The number of hydrogen-bond donors (Lipinski definition) is 1. The molecule has 0 heterocycles. The first-order chi connectivity index (χ1) is 9.41. The van der Waals surface area contributed by atoms with Crippen LogP contribution in [-0.2, 0) is 9.84 Å². The second kappa shape index (κ2) is 6.26. The van der Waals surface area contributed by atoms with Gasteiger partial charge in [0.2, 0.25) is 9.84 Å². The molecule has 0 amide bonds. The number of benzene rings is 1. The van der Waals surface area contributed by atoms with Crippen molar-refractivity contribution < 1.29 is 17.2 Å². The van der Waals surface area contributed by atoms with Crippen LogP contribution in [0.2, 0.25) is 0 Å². The highest BCUT2D eigenvalue weighted by molar-refractivity contribution is 7.91. The molecule has 0 saturated heterocycles. The molecule has 1 N–H and O–H groups in total. The summed E-state index contributed by atoms with van der Waals surface area (Å²) in [6.45, 7) is 0. The van der Waals surface area contributed by atoms with Crippen molar-refractivity contribution in [2.45, 2.75) is 47.8 Å². The minimum Gasteiger partial charge on any atom is -0.381 e. The lowest BCUT2D eigenvalue weighted by molar-refractivity contribution is 0.234. The van der Waals surface area contributed by atoms with E-state index < -0.39 is 15.6 Å². The molecule has 1 aromatic rings. The first kappa shape index (κ1) is 15.5. The Labute approximate surface area is 122 Å². The Morgan fingerprint density at radius 1 is 1.15 bits per heavy atom. The maximum atomic E-state index is 12.4. The number of nitrogens with one attached hydrogen (secondary N) is 1. The maximum absolute atomic E-state index is 12.4. The lowest BCUT2D eigenvalue weighted by Crippen LogP contribution is -2.32. The van der Waals surface area contributed by atoms with Gasteiger partial charge in [-0.15, -0.1) is 11.6 Å². The van der Waals surface area contributed by atoms with E-state index in [-0.39, 0.29) is 16.3 Å². The molecule has 0 radical (unpaired) electrons. The van der Waals surface area contributed by atoms with Crippen molar-refractivity contribution in [3.63, 3.8) is 0 Å². The summed E-state index contributed by atoms with van der Waals surface area (Å²) in [5.74, 6) is -3.40. The van der Waals surface area contributed by atoms with Gasteiger partial charge in [0.25, 0.3) is 0 Å². The van der Waals surface area contributed by atoms with E-state index >= 15 is 0 Å². The van der Waals surface area contributed by atoms with Gasteiger partial charge in [-0.1, -0.05) is 12.8 Å². The summed E-state index contributed by atoms with van der Waals surface area (Å²) in [6, 6.07) is 5.50. The quantitative estimate of drug-likeness (QED) is 0.860. The van der Waals surface area contributed by atoms with E-state index in [2.05, 4.69) is 5.32 Å². The van der Waals surface area contributed by atoms with Crippen molar-refractivity contribution in [1.29, 1.82) is 0 Å². The fourth-order valence-corrected chi connectivity index (χ4v) is 3.37. The molecule has 2 atom stereocenters. The lowest BCUT2D eigenvalue weighted by atomic mass is 9.95. The van der Waals surface area contributed by atoms with Gasteiger partial charge in [-0.25, -0.2) is 8.42 Å². The lowest BCUT2D eigenvalue weighted by Gasteiger charge is -2.28. The molecule has 1 aliphatic carbocycles.